The summed E-state index contributed by atoms with van der Waals surface area (Å²) in [5.74, 6) is 0.819. The predicted molar refractivity (Wildman–Crippen MR) is 99.4 cm³/mol. The van der Waals surface area contributed by atoms with Crippen molar-refractivity contribution in [3.63, 3.8) is 0 Å². The summed E-state index contributed by atoms with van der Waals surface area (Å²) in [5, 5.41) is 3.63. The summed E-state index contributed by atoms with van der Waals surface area (Å²) in [6.45, 7) is 1.56. The van der Waals surface area contributed by atoms with Crippen LogP contribution in [0.2, 0.25) is 5.28 Å². The molecule has 0 aliphatic rings. The van der Waals surface area contributed by atoms with Gasteiger partial charge in [0.25, 0.3) is 0 Å². The van der Waals surface area contributed by atoms with Crippen molar-refractivity contribution in [2.45, 2.75) is 6.42 Å². The van der Waals surface area contributed by atoms with Crippen LogP contribution in [0.5, 0.6) is 0 Å². The number of hydrogen-bond acceptors (Lipinski definition) is 4. The van der Waals surface area contributed by atoms with E-state index in [9.17, 15) is 0 Å². The van der Waals surface area contributed by atoms with Crippen LogP contribution in [0, 0.1) is 0 Å². The molecule has 2 heterocycles. The van der Waals surface area contributed by atoms with Gasteiger partial charge in [-0.2, -0.15) is 0 Å². The number of aromatic amines is 2. The summed E-state index contributed by atoms with van der Waals surface area (Å²) in [6.07, 6.45) is 0.955. The number of nitrogens with one attached hydrogen (secondary N) is 3. The first-order valence-electron chi connectivity index (χ1n) is 7.75. The Morgan fingerprint density at radius 3 is 2.17 bits per heavy atom. The third kappa shape index (κ3) is 4.04. The number of hydrogen-bond donors (Lipinski definition) is 4. The maximum atomic E-state index is 5.62. The minimum absolute atomic E-state index is 0.446. The number of H-pyrrole nitrogens is 2. The zero-order valence-electron chi connectivity index (χ0n) is 13.1. The van der Waals surface area contributed by atoms with E-state index in [2.05, 4.69) is 25.3 Å². The molecule has 0 saturated carbocycles. The highest BCUT2D eigenvalue weighted by Crippen LogP contribution is 2.13. The molecule has 2 aromatic heterocycles. The molecular weight excluding hydrogens is 324 g/mol. The number of halogens is 1. The summed E-state index contributed by atoms with van der Waals surface area (Å²) in [6, 6.07) is 15.7. The van der Waals surface area contributed by atoms with Crippen molar-refractivity contribution in [3.8, 4) is 0 Å². The number of nitrogens with two attached hydrogens (primary N) is 1. The lowest BCUT2D eigenvalue weighted by Gasteiger charge is -1.98. The molecule has 0 unspecified atom stereocenters. The van der Waals surface area contributed by atoms with Gasteiger partial charge in [-0.05, 0) is 48.8 Å². The number of nitrogens with zero attached hydrogens (tertiary/aromatic N) is 2. The molecule has 7 heteroatoms. The Balaban J connectivity index is 0.000000149. The van der Waals surface area contributed by atoms with Gasteiger partial charge < -0.3 is 21.0 Å². The van der Waals surface area contributed by atoms with Gasteiger partial charge in [-0.15, -0.1) is 0 Å². The molecule has 6 nitrogen and oxygen atoms in total. The molecule has 4 aromatic rings. The van der Waals surface area contributed by atoms with Gasteiger partial charge in [0.1, 0.15) is 0 Å². The van der Waals surface area contributed by atoms with Gasteiger partial charge in [0.2, 0.25) is 11.2 Å². The van der Waals surface area contributed by atoms with E-state index in [1.807, 2.05) is 48.5 Å². The van der Waals surface area contributed by atoms with Crippen molar-refractivity contribution in [2.75, 3.05) is 18.4 Å². The average Bonchev–Trinajstić information content (AvgIpc) is 3.17. The molecule has 5 N–H and O–H groups in total. The number of benzene rings is 2. The van der Waals surface area contributed by atoms with E-state index >= 15 is 0 Å². The third-order valence-electron chi connectivity index (χ3n) is 3.42. The van der Waals surface area contributed by atoms with E-state index in [4.69, 9.17) is 17.3 Å². The van der Waals surface area contributed by atoms with E-state index in [0.717, 1.165) is 41.0 Å². The molecule has 0 saturated heterocycles. The van der Waals surface area contributed by atoms with Crippen molar-refractivity contribution in [1.29, 1.82) is 0 Å². The molecule has 0 atom stereocenters. The Bertz CT molecular complexity index is 847. The minimum atomic E-state index is 0.446. The fraction of sp³-hybridized carbons (Fsp3) is 0.176. The molecule has 2 aromatic carbocycles. The monoisotopic (exact) mass is 342 g/mol. The highest BCUT2D eigenvalue weighted by atomic mass is 35.5. The molecular formula is C17H19ClN6. The molecule has 4 rings (SSSR count). The van der Waals surface area contributed by atoms with Crippen LogP contribution in [0.1, 0.15) is 6.42 Å². The van der Waals surface area contributed by atoms with Crippen molar-refractivity contribution in [3.05, 3.63) is 53.8 Å². The molecule has 0 aliphatic heterocycles. The predicted octanol–water partition coefficient (Wildman–Crippen LogP) is 3.54. The molecule has 0 spiro atoms. The highest BCUT2D eigenvalue weighted by molar-refractivity contribution is 6.29. The topological polar surface area (TPSA) is 95.4 Å². The van der Waals surface area contributed by atoms with E-state index in [-0.39, 0.29) is 0 Å². The Labute approximate surface area is 144 Å². The van der Waals surface area contributed by atoms with E-state index in [1.54, 1.807) is 0 Å². The third-order valence-corrected chi connectivity index (χ3v) is 3.60. The average molecular weight is 343 g/mol. The second-order valence-corrected chi connectivity index (χ2v) is 5.57. The maximum Gasteiger partial charge on any atom is 0.201 e. The summed E-state index contributed by atoms with van der Waals surface area (Å²) < 4.78 is 0. The van der Waals surface area contributed by atoms with Gasteiger partial charge in [-0.1, -0.05) is 24.3 Å². The normalized spacial score (nSPS) is 10.6. The lowest BCUT2D eigenvalue weighted by atomic mass is 10.3. The first-order chi connectivity index (χ1) is 11.8. The highest BCUT2D eigenvalue weighted by Gasteiger charge is 1.99. The lowest BCUT2D eigenvalue weighted by Crippen LogP contribution is -2.09. The van der Waals surface area contributed by atoms with Gasteiger partial charge in [0, 0.05) is 6.54 Å². The molecule has 124 valence electrons. The van der Waals surface area contributed by atoms with Crippen molar-refractivity contribution in [2.24, 2.45) is 5.73 Å². The molecule has 24 heavy (non-hydrogen) atoms. The maximum absolute atomic E-state index is 5.62. The van der Waals surface area contributed by atoms with Crippen molar-refractivity contribution >= 4 is 39.6 Å². The number of para-hydroxylation sites is 4. The fourth-order valence-electron chi connectivity index (χ4n) is 2.27. The van der Waals surface area contributed by atoms with Crippen molar-refractivity contribution < 1.29 is 0 Å². The Morgan fingerprint density at radius 1 is 0.917 bits per heavy atom. The van der Waals surface area contributed by atoms with Crippen LogP contribution in [-0.2, 0) is 0 Å². The number of aromatic nitrogens is 4. The fourth-order valence-corrected chi connectivity index (χ4v) is 2.46. The first-order valence-corrected chi connectivity index (χ1v) is 8.13. The summed E-state index contributed by atoms with van der Waals surface area (Å²) >= 11 is 5.62. The van der Waals surface area contributed by atoms with Crippen LogP contribution in [0.25, 0.3) is 22.1 Å². The lowest BCUT2D eigenvalue weighted by molar-refractivity contribution is 0.867. The number of anilines is 1. The Morgan fingerprint density at radius 2 is 1.54 bits per heavy atom. The number of rotatable bonds is 4. The molecule has 0 fully saturated rings. The van der Waals surface area contributed by atoms with Gasteiger partial charge >= 0.3 is 0 Å². The van der Waals surface area contributed by atoms with Crippen LogP contribution in [-0.4, -0.2) is 33.0 Å². The standard InChI is InChI=1S/C10H14N4.C7H5ClN2/c11-6-3-7-12-10-13-8-4-1-2-5-9(8)14-10;8-7-9-5-3-1-2-4-6(5)10-7/h1-2,4-5H,3,6-7,11H2,(H2,12,13,14);1-4H,(H,9,10). The number of imidazole rings is 2. The summed E-state index contributed by atoms with van der Waals surface area (Å²) in [5.41, 5.74) is 9.33. The zero-order valence-corrected chi connectivity index (χ0v) is 13.8. The largest absolute Gasteiger partial charge is 0.356 e. The van der Waals surface area contributed by atoms with Crippen LogP contribution >= 0.6 is 11.6 Å². The van der Waals surface area contributed by atoms with Crippen LogP contribution in [0.15, 0.2) is 48.5 Å². The Kier molecular flexibility index (Phi) is 5.30. The molecule has 0 amide bonds. The second kappa shape index (κ2) is 7.81. The first kappa shape index (κ1) is 16.3. The molecule has 0 aliphatic carbocycles. The molecule has 0 bridgehead atoms. The quantitative estimate of drug-likeness (QED) is 0.426. The van der Waals surface area contributed by atoms with Crippen LogP contribution < -0.4 is 11.1 Å². The minimum Gasteiger partial charge on any atom is -0.356 e. The van der Waals surface area contributed by atoms with Crippen LogP contribution in [0.3, 0.4) is 0 Å². The van der Waals surface area contributed by atoms with Crippen molar-refractivity contribution in [1.82, 2.24) is 19.9 Å². The smallest absolute Gasteiger partial charge is 0.201 e. The van der Waals surface area contributed by atoms with E-state index < -0.39 is 0 Å². The van der Waals surface area contributed by atoms with Gasteiger partial charge in [-0.25, -0.2) is 9.97 Å². The zero-order chi connectivity index (χ0) is 16.8. The molecule has 0 radical (unpaired) electrons. The Hall–Kier alpha value is -2.57. The van der Waals surface area contributed by atoms with Gasteiger partial charge in [-0.3, -0.25) is 0 Å². The summed E-state index contributed by atoms with van der Waals surface area (Å²) in [4.78, 5) is 14.5. The van der Waals surface area contributed by atoms with Gasteiger partial charge in [0.15, 0.2) is 0 Å². The number of fused-ring (bicyclic) bond motifs is 2. The SMILES string of the molecule is Clc1nc2ccccc2[nH]1.NCCCNc1nc2ccccc2[nH]1. The summed E-state index contributed by atoms with van der Waals surface area (Å²) in [7, 11) is 0. The van der Waals surface area contributed by atoms with E-state index in [1.165, 1.54) is 0 Å². The van der Waals surface area contributed by atoms with Gasteiger partial charge in [0.05, 0.1) is 22.1 Å². The van der Waals surface area contributed by atoms with E-state index in [0.29, 0.717) is 11.8 Å². The van der Waals surface area contributed by atoms with Crippen LogP contribution in [0.4, 0.5) is 5.95 Å². The second-order valence-electron chi connectivity index (χ2n) is 5.22.